The van der Waals surface area contributed by atoms with E-state index in [-0.39, 0.29) is 5.54 Å². The van der Waals surface area contributed by atoms with Crippen LogP contribution in [0.1, 0.15) is 34.8 Å². The molecule has 94 valence electrons. The summed E-state index contributed by atoms with van der Waals surface area (Å²) in [5.74, 6) is 0. The highest BCUT2D eigenvalue weighted by Gasteiger charge is 2.38. The highest BCUT2D eigenvalue weighted by atomic mass is 32.1. The third-order valence-electron chi connectivity index (χ3n) is 4.17. The molecule has 0 amide bonds. The van der Waals surface area contributed by atoms with Gasteiger partial charge >= 0.3 is 0 Å². The van der Waals surface area contributed by atoms with Gasteiger partial charge in [0, 0.05) is 11.4 Å². The van der Waals surface area contributed by atoms with Gasteiger partial charge in [0.2, 0.25) is 0 Å². The maximum atomic E-state index is 4.92. The lowest BCUT2D eigenvalue weighted by Gasteiger charge is -2.40. The lowest BCUT2D eigenvalue weighted by molar-refractivity contribution is 0.151. The van der Waals surface area contributed by atoms with Gasteiger partial charge in [-0.2, -0.15) is 0 Å². The number of fused-ring (bicyclic) bond motifs is 1. The fourth-order valence-electron chi connectivity index (χ4n) is 3.15. The number of likely N-dealkylation sites (tertiary alicyclic amines) is 1. The first-order valence-electron chi connectivity index (χ1n) is 6.60. The van der Waals surface area contributed by atoms with E-state index in [1.165, 1.54) is 49.4 Å². The molecule has 1 aliphatic carbocycles. The molecule has 3 nitrogen and oxygen atoms in total. The molecule has 1 N–H and O–H groups in total. The number of nitrogens with zero attached hydrogens (tertiary/aromatic N) is 2. The Bertz CT molecular complexity index is 393. The van der Waals surface area contributed by atoms with Gasteiger partial charge in [0.1, 0.15) is 5.01 Å². The Labute approximate surface area is 107 Å². The molecule has 0 saturated carbocycles. The zero-order valence-electron chi connectivity index (χ0n) is 10.8. The summed E-state index contributed by atoms with van der Waals surface area (Å²) < 4.78 is 0. The van der Waals surface area contributed by atoms with Gasteiger partial charge in [0.05, 0.1) is 11.2 Å². The van der Waals surface area contributed by atoms with Crippen molar-refractivity contribution in [3.63, 3.8) is 0 Å². The number of likely N-dealkylation sites (N-methyl/N-ethyl adjacent to an activating group) is 2. The minimum absolute atomic E-state index is 0.113. The third kappa shape index (κ3) is 1.92. The molecular weight excluding hydrogens is 230 g/mol. The SMILES string of the molecule is CNC1(c2nc3c(s2)CCC3)CCCN(C)C1. The molecule has 0 bridgehead atoms. The van der Waals surface area contributed by atoms with Gasteiger partial charge in [-0.25, -0.2) is 4.98 Å². The lowest BCUT2D eigenvalue weighted by Crippen LogP contribution is -2.52. The van der Waals surface area contributed by atoms with E-state index in [2.05, 4.69) is 24.3 Å². The Kier molecular flexibility index (Phi) is 2.97. The van der Waals surface area contributed by atoms with Crippen molar-refractivity contribution in [2.24, 2.45) is 0 Å². The van der Waals surface area contributed by atoms with E-state index in [1.807, 2.05) is 11.3 Å². The molecule has 0 radical (unpaired) electrons. The second-order valence-electron chi connectivity index (χ2n) is 5.42. The highest BCUT2D eigenvalue weighted by molar-refractivity contribution is 7.12. The summed E-state index contributed by atoms with van der Waals surface area (Å²) in [4.78, 5) is 8.89. The molecule has 1 aliphatic heterocycles. The number of rotatable bonds is 2. The number of piperidine rings is 1. The second kappa shape index (κ2) is 4.34. The van der Waals surface area contributed by atoms with Gasteiger partial charge in [0.15, 0.2) is 0 Å². The summed E-state index contributed by atoms with van der Waals surface area (Å²) in [5.41, 5.74) is 1.50. The molecule has 17 heavy (non-hydrogen) atoms. The van der Waals surface area contributed by atoms with Crippen molar-refractivity contribution in [3.8, 4) is 0 Å². The van der Waals surface area contributed by atoms with E-state index < -0.39 is 0 Å². The van der Waals surface area contributed by atoms with E-state index in [4.69, 9.17) is 4.98 Å². The van der Waals surface area contributed by atoms with Crippen LogP contribution in [0.3, 0.4) is 0 Å². The number of aromatic nitrogens is 1. The van der Waals surface area contributed by atoms with Gasteiger partial charge in [-0.1, -0.05) is 0 Å². The zero-order chi connectivity index (χ0) is 11.9. The average Bonchev–Trinajstić information content (AvgIpc) is 2.89. The van der Waals surface area contributed by atoms with Crippen molar-refractivity contribution in [2.45, 2.75) is 37.6 Å². The number of thiazole rings is 1. The quantitative estimate of drug-likeness (QED) is 0.868. The van der Waals surface area contributed by atoms with Crippen LogP contribution >= 0.6 is 11.3 Å². The minimum Gasteiger partial charge on any atom is -0.307 e. The first-order valence-corrected chi connectivity index (χ1v) is 7.42. The van der Waals surface area contributed by atoms with E-state index in [1.54, 1.807) is 4.88 Å². The molecule has 2 aliphatic rings. The summed E-state index contributed by atoms with van der Waals surface area (Å²) in [5, 5.41) is 4.89. The van der Waals surface area contributed by atoms with E-state index in [9.17, 15) is 0 Å². The van der Waals surface area contributed by atoms with Crippen molar-refractivity contribution in [1.29, 1.82) is 0 Å². The standard InChI is InChI=1S/C13H21N3S/c1-14-13(7-4-8-16(2)9-13)12-15-10-5-3-6-11(10)17-12/h14H,3-9H2,1-2H3. The molecule has 1 unspecified atom stereocenters. The normalized spacial score (nSPS) is 29.5. The van der Waals surface area contributed by atoms with Crippen LogP contribution in [0.4, 0.5) is 0 Å². The maximum Gasteiger partial charge on any atom is 0.115 e. The van der Waals surface area contributed by atoms with Gasteiger partial charge in [-0.3, -0.25) is 0 Å². The van der Waals surface area contributed by atoms with Crippen LogP contribution in [0.2, 0.25) is 0 Å². The maximum absolute atomic E-state index is 4.92. The monoisotopic (exact) mass is 251 g/mol. The number of nitrogens with one attached hydrogen (secondary N) is 1. The molecule has 1 atom stereocenters. The van der Waals surface area contributed by atoms with Crippen molar-refractivity contribution >= 4 is 11.3 Å². The molecule has 3 rings (SSSR count). The molecule has 0 aromatic carbocycles. The molecule has 0 spiro atoms. The molecule has 1 aromatic heterocycles. The number of hydrogen-bond donors (Lipinski definition) is 1. The molecule has 1 fully saturated rings. The molecule has 2 heterocycles. The van der Waals surface area contributed by atoms with Gasteiger partial charge in [0.25, 0.3) is 0 Å². The molecule has 1 aromatic rings. The van der Waals surface area contributed by atoms with Crippen molar-refractivity contribution in [1.82, 2.24) is 15.2 Å². The van der Waals surface area contributed by atoms with Gasteiger partial charge < -0.3 is 10.2 Å². The van der Waals surface area contributed by atoms with E-state index >= 15 is 0 Å². The van der Waals surface area contributed by atoms with Crippen LogP contribution < -0.4 is 5.32 Å². The van der Waals surface area contributed by atoms with E-state index in [0.717, 1.165) is 6.54 Å². The topological polar surface area (TPSA) is 28.2 Å². The Hall–Kier alpha value is -0.450. The summed E-state index contributed by atoms with van der Waals surface area (Å²) >= 11 is 1.95. The lowest BCUT2D eigenvalue weighted by atomic mass is 9.90. The first-order chi connectivity index (χ1) is 8.23. The Morgan fingerprint density at radius 1 is 1.35 bits per heavy atom. The molecular formula is C13H21N3S. The van der Waals surface area contributed by atoms with E-state index in [0.29, 0.717) is 0 Å². The second-order valence-corrected chi connectivity index (χ2v) is 6.50. The number of aryl methyl sites for hydroxylation is 2. The summed E-state index contributed by atoms with van der Waals surface area (Å²) in [7, 11) is 4.30. The van der Waals surface area contributed by atoms with Gasteiger partial charge in [-0.15, -0.1) is 11.3 Å². The van der Waals surface area contributed by atoms with Crippen molar-refractivity contribution in [3.05, 3.63) is 15.6 Å². The fourth-order valence-corrected chi connectivity index (χ4v) is 4.52. The molecule has 4 heteroatoms. The Balaban J connectivity index is 1.93. The van der Waals surface area contributed by atoms with Crippen LogP contribution in [-0.2, 0) is 18.4 Å². The predicted molar refractivity (Wildman–Crippen MR) is 71.6 cm³/mol. The van der Waals surface area contributed by atoms with Crippen LogP contribution in [0.25, 0.3) is 0 Å². The number of hydrogen-bond acceptors (Lipinski definition) is 4. The average molecular weight is 251 g/mol. The summed E-state index contributed by atoms with van der Waals surface area (Å²) in [6, 6.07) is 0. The largest absolute Gasteiger partial charge is 0.307 e. The summed E-state index contributed by atoms with van der Waals surface area (Å²) in [6.07, 6.45) is 6.24. The fraction of sp³-hybridized carbons (Fsp3) is 0.769. The Morgan fingerprint density at radius 2 is 2.24 bits per heavy atom. The predicted octanol–water partition coefficient (Wildman–Crippen LogP) is 1.77. The van der Waals surface area contributed by atoms with Crippen LogP contribution in [0.5, 0.6) is 0 Å². The summed E-state index contributed by atoms with van der Waals surface area (Å²) in [6.45, 7) is 2.31. The smallest absolute Gasteiger partial charge is 0.115 e. The first kappa shape index (κ1) is 11.6. The van der Waals surface area contributed by atoms with Gasteiger partial charge in [-0.05, 0) is 52.7 Å². The van der Waals surface area contributed by atoms with Crippen LogP contribution in [0.15, 0.2) is 0 Å². The van der Waals surface area contributed by atoms with Crippen LogP contribution in [-0.4, -0.2) is 37.1 Å². The Morgan fingerprint density at radius 3 is 2.94 bits per heavy atom. The molecule has 1 saturated heterocycles. The highest BCUT2D eigenvalue weighted by Crippen LogP contribution is 2.37. The minimum atomic E-state index is 0.113. The van der Waals surface area contributed by atoms with Crippen molar-refractivity contribution < 1.29 is 0 Å². The van der Waals surface area contributed by atoms with Crippen LogP contribution in [0, 0.1) is 0 Å². The van der Waals surface area contributed by atoms with Crippen molar-refractivity contribution in [2.75, 3.05) is 27.2 Å². The zero-order valence-corrected chi connectivity index (χ0v) is 11.6. The third-order valence-corrected chi connectivity index (χ3v) is 5.53.